The lowest BCUT2D eigenvalue weighted by molar-refractivity contribution is -0.113. The third kappa shape index (κ3) is 4.50. The number of phenolic OH excluding ortho intramolecular Hbond substituents is 1. The second-order valence-corrected chi connectivity index (χ2v) is 9.49. The Bertz CT molecular complexity index is 1270. The molecule has 0 amide bonds. The van der Waals surface area contributed by atoms with Crippen molar-refractivity contribution in [1.29, 1.82) is 0 Å². The quantitative estimate of drug-likeness (QED) is 0.388. The summed E-state index contributed by atoms with van der Waals surface area (Å²) in [6.45, 7) is -0.151. The van der Waals surface area contributed by atoms with Crippen molar-refractivity contribution in [2.24, 2.45) is 0 Å². The lowest BCUT2D eigenvalue weighted by Crippen LogP contribution is -2.33. The van der Waals surface area contributed by atoms with Gasteiger partial charge in [0.25, 0.3) is 0 Å². The van der Waals surface area contributed by atoms with Crippen LogP contribution in [0.15, 0.2) is 60.8 Å². The first-order chi connectivity index (χ1) is 16.0. The summed E-state index contributed by atoms with van der Waals surface area (Å²) in [5.74, 6) is -0.0847. The van der Waals surface area contributed by atoms with Crippen molar-refractivity contribution in [3.05, 3.63) is 82.7 Å². The number of thiazole rings is 1. The molecule has 5 rings (SSSR count). The summed E-state index contributed by atoms with van der Waals surface area (Å²) in [6, 6.07) is 15.8. The number of hydrogen-bond acceptors (Lipinski definition) is 6. The number of rotatable bonds is 5. The zero-order valence-electron chi connectivity index (χ0n) is 17.8. The van der Waals surface area contributed by atoms with Gasteiger partial charge in [-0.3, -0.25) is 0 Å². The van der Waals surface area contributed by atoms with Gasteiger partial charge in [0.15, 0.2) is 0 Å². The fourth-order valence-corrected chi connectivity index (χ4v) is 5.41. The van der Waals surface area contributed by atoms with Crippen molar-refractivity contribution in [2.45, 2.75) is 37.6 Å². The van der Waals surface area contributed by atoms with E-state index in [1.807, 2.05) is 30.3 Å². The molecule has 1 fully saturated rings. The van der Waals surface area contributed by atoms with Crippen molar-refractivity contribution in [3.8, 4) is 16.2 Å². The Kier molecular flexibility index (Phi) is 6.12. The van der Waals surface area contributed by atoms with E-state index in [-0.39, 0.29) is 24.3 Å². The summed E-state index contributed by atoms with van der Waals surface area (Å²) < 4.78 is 19.3. The lowest BCUT2D eigenvalue weighted by Gasteiger charge is -2.33. The van der Waals surface area contributed by atoms with E-state index in [1.165, 1.54) is 23.5 Å². The van der Waals surface area contributed by atoms with E-state index in [9.17, 15) is 19.7 Å². The molecular formula is C26H24FNO4S. The van der Waals surface area contributed by atoms with E-state index in [0.29, 0.717) is 30.2 Å². The van der Waals surface area contributed by atoms with Crippen LogP contribution in [0.1, 0.15) is 35.1 Å². The van der Waals surface area contributed by atoms with Crippen molar-refractivity contribution in [1.82, 2.24) is 4.98 Å². The number of phenols is 1. The lowest BCUT2D eigenvalue weighted by atomic mass is 9.90. The van der Waals surface area contributed by atoms with E-state index in [2.05, 4.69) is 4.98 Å². The summed E-state index contributed by atoms with van der Waals surface area (Å²) in [5.41, 5.74) is 2.49. The SMILES string of the molecule is OCC1CC(O)CC(c2cc(Cc3ncc(-c4ccc(F)cc4)s3)c(O)c3ccccc23)O1. The third-order valence-corrected chi connectivity index (χ3v) is 7.13. The van der Waals surface area contributed by atoms with Crippen molar-refractivity contribution in [3.63, 3.8) is 0 Å². The maximum absolute atomic E-state index is 13.2. The Labute approximate surface area is 194 Å². The van der Waals surface area contributed by atoms with Crippen molar-refractivity contribution < 1.29 is 24.4 Å². The first-order valence-electron chi connectivity index (χ1n) is 10.9. The van der Waals surface area contributed by atoms with Crippen LogP contribution in [0.25, 0.3) is 21.2 Å². The Morgan fingerprint density at radius 1 is 1.06 bits per heavy atom. The predicted octanol–water partition coefficient (Wildman–Crippen LogP) is 4.97. The molecule has 33 heavy (non-hydrogen) atoms. The van der Waals surface area contributed by atoms with Gasteiger partial charge in [0.05, 0.1) is 34.8 Å². The zero-order valence-corrected chi connectivity index (χ0v) is 18.6. The van der Waals surface area contributed by atoms with Gasteiger partial charge in [0, 0.05) is 36.4 Å². The maximum atomic E-state index is 13.2. The molecule has 4 aromatic rings. The molecule has 7 heteroatoms. The molecule has 1 aromatic heterocycles. The molecule has 0 radical (unpaired) electrons. The molecule has 0 saturated carbocycles. The second kappa shape index (κ2) is 9.19. The van der Waals surface area contributed by atoms with Crippen LogP contribution in [0, 0.1) is 5.82 Å². The molecule has 1 aliphatic rings. The van der Waals surface area contributed by atoms with Crippen LogP contribution in [0.3, 0.4) is 0 Å². The molecule has 3 N–H and O–H groups in total. The molecule has 2 heterocycles. The standard InChI is InChI=1S/C26H24FNO4S/c27-17-7-5-15(6-8-17)24-13-28-25(33-24)10-16-9-22(20-3-1-2-4-21(20)26(16)31)23-12-18(30)11-19(14-29)32-23/h1-9,13,18-19,23,29-31H,10-12,14H2. The number of nitrogens with zero attached hydrogens (tertiary/aromatic N) is 1. The monoisotopic (exact) mass is 465 g/mol. The van der Waals surface area contributed by atoms with Gasteiger partial charge in [0.2, 0.25) is 0 Å². The molecule has 0 spiro atoms. The van der Waals surface area contributed by atoms with Crippen LogP contribution < -0.4 is 0 Å². The Balaban J connectivity index is 1.51. The first-order valence-corrected chi connectivity index (χ1v) is 11.7. The summed E-state index contributed by atoms with van der Waals surface area (Å²) in [4.78, 5) is 5.45. The van der Waals surface area contributed by atoms with Gasteiger partial charge in [-0.2, -0.15) is 0 Å². The first kappa shape index (κ1) is 22.0. The minimum atomic E-state index is -0.561. The highest BCUT2D eigenvalue weighted by Gasteiger charge is 2.31. The summed E-state index contributed by atoms with van der Waals surface area (Å²) in [5, 5.41) is 33.4. The molecule has 1 saturated heterocycles. The van der Waals surface area contributed by atoms with Crippen molar-refractivity contribution >= 4 is 22.1 Å². The average molecular weight is 466 g/mol. The average Bonchev–Trinajstić information content (AvgIpc) is 3.29. The Morgan fingerprint density at radius 3 is 2.58 bits per heavy atom. The van der Waals surface area contributed by atoms with Gasteiger partial charge >= 0.3 is 0 Å². The van der Waals surface area contributed by atoms with E-state index in [1.54, 1.807) is 18.3 Å². The van der Waals surface area contributed by atoms with Crippen LogP contribution in [0.5, 0.6) is 5.75 Å². The maximum Gasteiger partial charge on any atom is 0.127 e. The number of aliphatic hydroxyl groups excluding tert-OH is 2. The number of ether oxygens (including phenoxy) is 1. The molecule has 3 unspecified atom stereocenters. The van der Waals surface area contributed by atoms with E-state index in [4.69, 9.17) is 4.74 Å². The molecule has 3 atom stereocenters. The topological polar surface area (TPSA) is 82.8 Å². The summed E-state index contributed by atoms with van der Waals surface area (Å²) >= 11 is 1.50. The molecule has 0 aliphatic carbocycles. The number of aliphatic hydroxyl groups is 2. The molecule has 170 valence electrons. The van der Waals surface area contributed by atoms with Gasteiger partial charge in [-0.15, -0.1) is 11.3 Å². The summed E-state index contributed by atoms with van der Waals surface area (Å²) in [6.07, 6.45) is 1.65. The number of benzene rings is 3. The number of halogens is 1. The van der Waals surface area contributed by atoms with E-state index < -0.39 is 12.2 Å². The fraction of sp³-hybridized carbons (Fsp3) is 0.269. The zero-order chi connectivity index (χ0) is 22.9. The minimum absolute atomic E-state index is 0.151. The van der Waals surface area contributed by atoms with Crippen LogP contribution in [0.2, 0.25) is 0 Å². The number of aromatic hydroxyl groups is 1. The Hall–Kier alpha value is -2.84. The molecular weight excluding hydrogens is 441 g/mol. The van der Waals surface area contributed by atoms with Gasteiger partial charge in [0.1, 0.15) is 11.6 Å². The van der Waals surface area contributed by atoms with E-state index >= 15 is 0 Å². The minimum Gasteiger partial charge on any atom is -0.507 e. The molecule has 0 bridgehead atoms. The van der Waals surface area contributed by atoms with Crippen molar-refractivity contribution in [2.75, 3.05) is 6.61 Å². The number of fused-ring (bicyclic) bond motifs is 1. The van der Waals surface area contributed by atoms with E-state index in [0.717, 1.165) is 26.4 Å². The molecule has 3 aromatic carbocycles. The largest absolute Gasteiger partial charge is 0.507 e. The Morgan fingerprint density at radius 2 is 1.82 bits per heavy atom. The van der Waals surface area contributed by atoms with Crippen LogP contribution >= 0.6 is 11.3 Å². The summed E-state index contributed by atoms with van der Waals surface area (Å²) in [7, 11) is 0. The van der Waals surface area contributed by atoms with Crippen LogP contribution in [-0.4, -0.2) is 39.1 Å². The second-order valence-electron chi connectivity index (χ2n) is 8.38. The number of hydrogen-bond donors (Lipinski definition) is 3. The highest BCUT2D eigenvalue weighted by molar-refractivity contribution is 7.15. The van der Waals surface area contributed by atoms with Crippen LogP contribution in [0.4, 0.5) is 4.39 Å². The third-order valence-electron chi connectivity index (χ3n) is 6.08. The smallest absolute Gasteiger partial charge is 0.127 e. The van der Waals surface area contributed by atoms with Gasteiger partial charge < -0.3 is 20.1 Å². The predicted molar refractivity (Wildman–Crippen MR) is 126 cm³/mol. The van der Waals surface area contributed by atoms with Gasteiger partial charge in [-0.05, 0) is 34.7 Å². The van der Waals surface area contributed by atoms with Crippen LogP contribution in [-0.2, 0) is 11.2 Å². The molecule has 5 nitrogen and oxygen atoms in total. The number of aromatic nitrogens is 1. The highest BCUT2D eigenvalue weighted by Crippen LogP contribution is 2.41. The van der Waals surface area contributed by atoms with Gasteiger partial charge in [-0.1, -0.05) is 36.4 Å². The highest BCUT2D eigenvalue weighted by atomic mass is 32.1. The normalized spacial score (nSPS) is 20.9. The fourth-order valence-electron chi connectivity index (χ4n) is 4.46. The van der Waals surface area contributed by atoms with Gasteiger partial charge in [-0.25, -0.2) is 9.37 Å². The molecule has 1 aliphatic heterocycles.